The predicted octanol–water partition coefficient (Wildman–Crippen LogP) is 3.21. The van der Waals surface area contributed by atoms with E-state index in [-0.39, 0.29) is 49.0 Å². The molecule has 0 aromatic heterocycles. The molecule has 2 fully saturated rings. The summed E-state index contributed by atoms with van der Waals surface area (Å²) in [5.41, 5.74) is 1.85. The van der Waals surface area contributed by atoms with Crippen molar-refractivity contribution >= 4 is 17.6 Å². The van der Waals surface area contributed by atoms with Crippen molar-refractivity contribution in [3.63, 3.8) is 0 Å². The van der Waals surface area contributed by atoms with Gasteiger partial charge in [-0.15, -0.1) is 0 Å². The van der Waals surface area contributed by atoms with Crippen molar-refractivity contribution in [2.45, 2.75) is 40.3 Å². The van der Waals surface area contributed by atoms with E-state index in [0.717, 1.165) is 10.5 Å². The van der Waals surface area contributed by atoms with Gasteiger partial charge in [-0.1, -0.05) is 31.6 Å². The van der Waals surface area contributed by atoms with E-state index in [9.17, 15) is 18.4 Å². The minimum Gasteiger partial charge on any atom is -0.380 e. The average molecular weight is 432 g/mol. The molecule has 0 bridgehead atoms. The van der Waals surface area contributed by atoms with Crippen LogP contribution in [0.5, 0.6) is 0 Å². The summed E-state index contributed by atoms with van der Waals surface area (Å²) < 4.78 is 33.6. The first kappa shape index (κ1) is 23.1. The van der Waals surface area contributed by atoms with E-state index in [1.807, 2.05) is 13.8 Å². The molecule has 1 atom stereocenters. The Morgan fingerprint density at radius 3 is 2.45 bits per heavy atom. The van der Waals surface area contributed by atoms with Gasteiger partial charge in [-0.2, -0.15) is 0 Å². The highest BCUT2D eigenvalue weighted by molar-refractivity contribution is 6.12. The molecular formula is C23H28F2N3O3. The van der Waals surface area contributed by atoms with Crippen molar-refractivity contribution in [2.24, 2.45) is 10.9 Å². The van der Waals surface area contributed by atoms with Gasteiger partial charge in [0.05, 0.1) is 19.8 Å². The number of rotatable bonds is 3. The van der Waals surface area contributed by atoms with Crippen LogP contribution in [0.25, 0.3) is 0 Å². The van der Waals surface area contributed by atoms with E-state index in [0.29, 0.717) is 24.3 Å². The van der Waals surface area contributed by atoms with Crippen molar-refractivity contribution in [1.82, 2.24) is 9.80 Å². The molecule has 8 heteroatoms. The fourth-order valence-corrected chi connectivity index (χ4v) is 3.76. The maximum Gasteiger partial charge on any atom is 0.251 e. The highest BCUT2D eigenvalue weighted by atomic mass is 19.1. The van der Waals surface area contributed by atoms with Gasteiger partial charge in [-0.05, 0) is 37.1 Å². The van der Waals surface area contributed by atoms with Crippen LogP contribution in [0.15, 0.2) is 34.8 Å². The number of halogens is 2. The van der Waals surface area contributed by atoms with Crippen molar-refractivity contribution in [1.29, 1.82) is 0 Å². The maximum absolute atomic E-state index is 14.5. The minimum absolute atomic E-state index is 0.0970. The number of aliphatic imine (C=N–C) groups is 1. The van der Waals surface area contributed by atoms with E-state index in [1.165, 1.54) is 17.0 Å². The van der Waals surface area contributed by atoms with Gasteiger partial charge in [0, 0.05) is 12.5 Å². The quantitative estimate of drug-likeness (QED) is 0.737. The Morgan fingerprint density at radius 1 is 1.16 bits per heavy atom. The monoisotopic (exact) mass is 432 g/mol. The molecule has 2 saturated heterocycles. The molecule has 0 N–H and O–H groups in total. The number of hydrogen-bond donors (Lipinski definition) is 0. The van der Waals surface area contributed by atoms with Crippen molar-refractivity contribution in [3.05, 3.63) is 53.0 Å². The summed E-state index contributed by atoms with van der Waals surface area (Å²) in [4.78, 5) is 33.0. The van der Waals surface area contributed by atoms with Gasteiger partial charge in [-0.25, -0.2) is 8.78 Å². The molecule has 0 saturated carbocycles. The second-order valence-corrected chi connectivity index (χ2v) is 7.75. The number of amidine groups is 1. The standard InChI is InChI=1S/C21H22F2N3O3.C2H6/c1-12-5-17(23)20(24-7-12)26-9-18(27)25(19(21(26)28)15-10-29-11-15)8-14-4-3-13(2)16(22)6-14;1-2/h3-6,15,19H,7-11H2,1-2H3;1-2H3/t19-;/m0./s1. The molecule has 1 aromatic rings. The third kappa shape index (κ3) is 4.69. The van der Waals surface area contributed by atoms with Gasteiger partial charge in [-0.3, -0.25) is 19.5 Å². The van der Waals surface area contributed by atoms with Crippen LogP contribution in [0, 0.1) is 24.8 Å². The number of nitrogens with zero attached hydrogens (tertiary/aromatic N) is 3. The number of dihydropyridines is 1. The first-order valence-corrected chi connectivity index (χ1v) is 10.5. The van der Waals surface area contributed by atoms with Crippen LogP contribution in [-0.2, 0) is 20.9 Å². The summed E-state index contributed by atoms with van der Waals surface area (Å²) in [6, 6.07) is 3.96. The van der Waals surface area contributed by atoms with Gasteiger partial charge in [0.2, 0.25) is 12.1 Å². The number of aryl methyl sites for hydroxylation is 1. The molecule has 6 nitrogen and oxygen atoms in total. The fourth-order valence-electron chi connectivity index (χ4n) is 3.76. The lowest BCUT2D eigenvalue weighted by Gasteiger charge is -2.46. The zero-order valence-corrected chi connectivity index (χ0v) is 18.3. The van der Waals surface area contributed by atoms with Gasteiger partial charge in [0.25, 0.3) is 5.91 Å². The summed E-state index contributed by atoms with van der Waals surface area (Å²) in [6.07, 6.45) is 0.718. The Morgan fingerprint density at radius 2 is 1.87 bits per heavy atom. The van der Waals surface area contributed by atoms with E-state index in [4.69, 9.17) is 4.74 Å². The molecule has 167 valence electrons. The van der Waals surface area contributed by atoms with Gasteiger partial charge < -0.3 is 9.64 Å². The van der Waals surface area contributed by atoms with E-state index >= 15 is 0 Å². The Hall–Kier alpha value is -2.61. The first-order chi connectivity index (χ1) is 14.8. The SMILES string of the molecule is CC.CC1=C[C](F)C(N2CC(=O)N(Cc3ccc(C)c(F)c3)[C@@H](C3COC3)C2=O)=NC1. The summed E-state index contributed by atoms with van der Waals surface area (Å²) in [5, 5.41) is 0. The number of carbonyl (C=O) groups is 2. The highest BCUT2D eigenvalue weighted by Crippen LogP contribution is 2.30. The van der Waals surface area contributed by atoms with Crippen molar-refractivity contribution in [3.8, 4) is 0 Å². The summed E-state index contributed by atoms with van der Waals surface area (Å²) in [6.45, 7) is 8.18. The van der Waals surface area contributed by atoms with Crippen LogP contribution in [0.2, 0.25) is 0 Å². The number of carbonyl (C=O) groups excluding carboxylic acids is 2. The van der Waals surface area contributed by atoms with Gasteiger partial charge in [0.15, 0.2) is 5.84 Å². The normalized spacial score (nSPS) is 22.5. The smallest absolute Gasteiger partial charge is 0.251 e. The first-order valence-electron chi connectivity index (χ1n) is 10.5. The number of amides is 2. The lowest BCUT2D eigenvalue weighted by atomic mass is 9.92. The average Bonchev–Trinajstić information content (AvgIpc) is 2.70. The summed E-state index contributed by atoms with van der Waals surface area (Å²) >= 11 is 0. The molecule has 1 radical (unpaired) electrons. The highest BCUT2D eigenvalue weighted by Gasteiger charge is 2.48. The number of benzene rings is 1. The number of ether oxygens (including phenoxy) is 1. The molecular weight excluding hydrogens is 404 g/mol. The Bertz CT molecular complexity index is 911. The fraction of sp³-hybridized carbons (Fsp3) is 0.478. The third-order valence-electron chi connectivity index (χ3n) is 5.49. The predicted molar refractivity (Wildman–Crippen MR) is 113 cm³/mol. The molecule has 0 unspecified atom stereocenters. The lowest BCUT2D eigenvalue weighted by molar-refractivity contribution is -0.164. The van der Waals surface area contributed by atoms with Crippen LogP contribution >= 0.6 is 0 Å². The van der Waals surface area contributed by atoms with Gasteiger partial charge in [0.1, 0.15) is 18.4 Å². The van der Waals surface area contributed by atoms with Crippen molar-refractivity contribution < 1.29 is 23.1 Å². The lowest BCUT2D eigenvalue weighted by Crippen LogP contribution is -2.66. The largest absolute Gasteiger partial charge is 0.380 e. The van der Waals surface area contributed by atoms with Crippen LogP contribution in [0.4, 0.5) is 8.78 Å². The second-order valence-electron chi connectivity index (χ2n) is 7.75. The third-order valence-corrected chi connectivity index (χ3v) is 5.49. The van der Waals surface area contributed by atoms with Crippen LogP contribution in [0.1, 0.15) is 31.9 Å². The number of piperazine rings is 1. The van der Waals surface area contributed by atoms with Crippen LogP contribution in [0.3, 0.4) is 0 Å². The Kier molecular flexibility index (Phi) is 7.20. The van der Waals surface area contributed by atoms with E-state index in [2.05, 4.69) is 4.99 Å². The molecule has 31 heavy (non-hydrogen) atoms. The van der Waals surface area contributed by atoms with Crippen molar-refractivity contribution in [2.75, 3.05) is 26.3 Å². The second kappa shape index (κ2) is 9.68. The summed E-state index contributed by atoms with van der Waals surface area (Å²) in [7, 11) is 0. The maximum atomic E-state index is 14.5. The topological polar surface area (TPSA) is 62.2 Å². The molecule has 3 aliphatic rings. The Labute approximate surface area is 181 Å². The molecule has 0 aliphatic carbocycles. The van der Waals surface area contributed by atoms with E-state index < -0.39 is 12.2 Å². The number of hydrogen-bond acceptors (Lipinski definition) is 4. The van der Waals surface area contributed by atoms with Crippen LogP contribution < -0.4 is 0 Å². The molecule has 0 spiro atoms. The Balaban J connectivity index is 0.00000132. The molecule has 3 heterocycles. The summed E-state index contributed by atoms with van der Waals surface area (Å²) in [5.74, 6) is -1.36. The zero-order chi connectivity index (χ0) is 22.7. The minimum atomic E-state index is -0.795. The molecule has 3 aliphatic heterocycles. The zero-order valence-electron chi connectivity index (χ0n) is 18.3. The van der Waals surface area contributed by atoms with Gasteiger partial charge >= 0.3 is 0 Å². The molecule has 2 amide bonds. The molecule has 1 aromatic carbocycles. The molecule has 4 rings (SSSR count). The van der Waals surface area contributed by atoms with E-state index in [1.54, 1.807) is 26.0 Å². The van der Waals surface area contributed by atoms with Crippen LogP contribution in [-0.4, -0.2) is 59.8 Å².